The Labute approximate surface area is 117 Å². The molecule has 1 saturated carbocycles. The Morgan fingerprint density at radius 2 is 2.00 bits per heavy atom. The predicted molar refractivity (Wildman–Crippen MR) is 81.0 cm³/mol. The van der Waals surface area contributed by atoms with E-state index >= 15 is 0 Å². The summed E-state index contributed by atoms with van der Waals surface area (Å²) in [4.78, 5) is 7.04. The smallest absolute Gasteiger partial charge is 0.0593 e. The van der Waals surface area contributed by atoms with E-state index in [1.807, 2.05) is 13.1 Å². The van der Waals surface area contributed by atoms with Crippen molar-refractivity contribution in [1.82, 2.24) is 9.88 Å². The molecule has 1 aromatic rings. The predicted octanol–water partition coefficient (Wildman–Crippen LogP) is 3.29. The molecule has 106 valence electrons. The second-order valence-electron chi connectivity index (χ2n) is 6.17. The maximum Gasteiger partial charge on any atom is 0.0593 e. The number of hydrogen-bond acceptors (Lipinski definition) is 3. The largest absolute Gasteiger partial charge is 0.398 e. The Kier molecular flexibility index (Phi) is 4.46. The van der Waals surface area contributed by atoms with Crippen LogP contribution in [-0.2, 0) is 6.54 Å². The molecule has 1 aliphatic carbocycles. The van der Waals surface area contributed by atoms with Crippen molar-refractivity contribution < 1.29 is 0 Å². The molecule has 0 amide bonds. The molecule has 0 aromatic carbocycles. The summed E-state index contributed by atoms with van der Waals surface area (Å²) in [7, 11) is 2.23. The Bertz CT molecular complexity index is 442. The first-order valence-electron chi connectivity index (χ1n) is 7.41. The Hall–Kier alpha value is -1.09. The molecule has 0 radical (unpaired) electrons. The molecule has 0 bridgehead atoms. The number of nitrogen functional groups attached to an aromatic ring is 1. The molecule has 2 N–H and O–H groups in total. The summed E-state index contributed by atoms with van der Waals surface area (Å²) in [5.41, 5.74) is 10.4. The number of hydrogen-bond donors (Lipinski definition) is 1. The highest BCUT2D eigenvalue weighted by atomic mass is 15.1. The van der Waals surface area contributed by atoms with Crippen LogP contribution in [0.5, 0.6) is 0 Å². The maximum absolute atomic E-state index is 6.11. The SMILES string of the molecule is Cc1cnc(CN(C)C2CCCCC2C)c(C)c1N. The van der Waals surface area contributed by atoms with Crippen LogP contribution in [-0.4, -0.2) is 23.0 Å². The first-order valence-corrected chi connectivity index (χ1v) is 7.41. The molecular weight excluding hydrogens is 234 g/mol. The van der Waals surface area contributed by atoms with Gasteiger partial charge in [-0.05, 0) is 50.8 Å². The van der Waals surface area contributed by atoms with Gasteiger partial charge in [0.05, 0.1) is 5.69 Å². The fourth-order valence-electron chi connectivity index (χ4n) is 3.26. The Morgan fingerprint density at radius 1 is 1.32 bits per heavy atom. The van der Waals surface area contributed by atoms with Gasteiger partial charge < -0.3 is 5.73 Å². The van der Waals surface area contributed by atoms with Crippen LogP contribution in [0.1, 0.15) is 49.4 Å². The average Bonchev–Trinajstić information content (AvgIpc) is 2.40. The second-order valence-corrected chi connectivity index (χ2v) is 6.17. The number of rotatable bonds is 3. The molecule has 2 atom stereocenters. The van der Waals surface area contributed by atoms with Crippen molar-refractivity contribution in [3.63, 3.8) is 0 Å². The zero-order chi connectivity index (χ0) is 14.0. The summed E-state index contributed by atoms with van der Waals surface area (Å²) in [5, 5.41) is 0. The lowest BCUT2D eigenvalue weighted by molar-refractivity contribution is 0.132. The van der Waals surface area contributed by atoms with E-state index in [2.05, 4.69) is 30.8 Å². The molecule has 1 fully saturated rings. The van der Waals surface area contributed by atoms with E-state index in [1.165, 1.54) is 25.7 Å². The molecule has 1 heterocycles. The van der Waals surface area contributed by atoms with Gasteiger partial charge >= 0.3 is 0 Å². The summed E-state index contributed by atoms with van der Waals surface area (Å²) < 4.78 is 0. The summed E-state index contributed by atoms with van der Waals surface area (Å²) in [6.07, 6.45) is 7.33. The molecular formula is C16H27N3. The summed E-state index contributed by atoms with van der Waals surface area (Å²) in [6, 6.07) is 0.692. The molecule has 0 aliphatic heterocycles. The van der Waals surface area contributed by atoms with Crippen LogP contribution >= 0.6 is 0 Å². The summed E-state index contributed by atoms with van der Waals surface area (Å²) in [5.74, 6) is 0.793. The van der Waals surface area contributed by atoms with E-state index in [0.717, 1.165) is 35.0 Å². The zero-order valence-electron chi connectivity index (χ0n) is 12.7. The molecule has 1 aromatic heterocycles. The summed E-state index contributed by atoms with van der Waals surface area (Å²) >= 11 is 0. The normalized spacial score (nSPS) is 23.8. The van der Waals surface area contributed by atoms with Crippen LogP contribution in [0.15, 0.2) is 6.20 Å². The van der Waals surface area contributed by atoms with Gasteiger partial charge in [0.2, 0.25) is 0 Å². The topological polar surface area (TPSA) is 42.2 Å². The molecule has 2 rings (SSSR count). The highest BCUT2D eigenvalue weighted by Gasteiger charge is 2.25. The molecule has 3 heteroatoms. The minimum absolute atomic E-state index is 0.692. The molecule has 3 nitrogen and oxygen atoms in total. The lowest BCUT2D eigenvalue weighted by Crippen LogP contribution is -2.38. The molecule has 19 heavy (non-hydrogen) atoms. The number of aryl methyl sites for hydroxylation is 1. The van der Waals surface area contributed by atoms with E-state index in [1.54, 1.807) is 0 Å². The fourth-order valence-corrected chi connectivity index (χ4v) is 3.26. The minimum Gasteiger partial charge on any atom is -0.398 e. The third-order valence-electron chi connectivity index (χ3n) is 4.71. The van der Waals surface area contributed by atoms with Gasteiger partial charge in [-0.1, -0.05) is 19.8 Å². The second kappa shape index (κ2) is 5.91. The van der Waals surface area contributed by atoms with E-state index in [-0.39, 0.29) is 0 Å². The van der Waals surface area contributed by atoms with Crippen LogP contribution < -0.4 is 5.73 Å². The number of nitrogens with two attached hydrogens (primary N) is 1. The Balaban J connectivity index is 2.10. The molecule has 1 aliphatic rings. The maximum atomic E-state index is 6.11. The minimum atomic E-state index is 0.692. The van der Waals surface area contributed by atoms with Crippen molar-refractivity contribution >= 4 is 5.69 Å². The van der Waals surface area contributed by atoms with Gasteiger partial charge in [0.1, 0.15) is 0 Å². The number of pyridine rings is 1. The Morgan fingerprint density at radius 3 is 2.68 bits per heavy atom. The van der Waals surface area contributed by atoms with Gasteiger partial charge in [-0.15, -0.1) is 0 Å². The lowest BCUT2D eigenvalue weighted by Gasteiger charge is -2.36. The number of aromatic nitrogens is 1. The van der Waals surface area contributed by atoms with Crippen molar-refractivity contribution in [2.45, 2.75) is 59.0 Å². The standard InChI is InChI=1S/C16H27N3/c1-11-7-5-6-8-15(11)19(4)10-14-13(3)16(17)12(2)9-18-14/h9,11,15H,5-8,10H2,1-4H3,(H2,17,18). The third-order valence-corrected chi connectivity index (χ3v) is 4.71. The molecule has 2 unspecified atom stereocenters. The monoisotopic (exact) mass is 261 g/mol. The fraction of sp³-hybridized carbons (Fsp3) is 0.688. The van der Waals surface area contributed by atoms with Crippen molar-refractivity contribution in [2.24, 2.45) is 5.92 Å². The average molecular weight is 261 g/mol. The van der Waals surface area contributed by atoms with Crippen LogP contribution in [0.4, 0.5) is 5.69 Å². The number of anilines is 1. The van der Waals surface area contributed by atoms with Gasteiger partial charge in [-0.3, -0.25) is 9.88 Å². The van der Waals surface area contributed by atoms with Crippen molar-refractivity contribution in [2.75, 3.05) is 12.8 Å². The zero-order valence-corrected chi connectivity index (χ0v) is 12.7. The van der Waals surface area contributed by atoms with E-state index in [0.29, 0.717) is 6.04 Å². The first-order chi connectivity index (χ1) is 9.00. The molecule has 0 spiro atoms. The summed E-state index contributed by atoms with van der Waals surface area (Å²) in [6.45, 7) is 7.39. The first kappa shape index (κ1) is 14.3. The van der Waals surface area contributed by atoms with Gasteiger partial charge in [0.15, 0.2) is 0 Å². The van der Waals surface area contributed by atoms with Crippen molar-refractivity contribution in [3.8, 4) is 0 Å². The van der Waals surface area contributed by atoms with Gasteiger partial charge in [-0.25, -0.2) is 0 Å². The van der Waals surface area contributed by atoms with Gasteiger partial charge in [0.25, 0.3) is 0 Å². The van der Waals surface area contributed by atoms with Gasteiger partial charge in [0, 0.05) is 24.5 Å². The van der Waals surface area contributed by atoms with E-state index < -0.39 is 0 Å². The highest BCUT2D eigenvalue weighted by molar-refractivity contribution is 5.53. The number of nitrogens with zero attached hydrogens (tertiary/aromatic N) is 2. The van der Waals surface area contributed by atoms with Gasteiger partial charge in [-0.2, -0.15) is 0 Å². The van der Waals surface area contributed by atoms with Crippen LogP contribution in [0.2, 0.25) is 0 Å². The van der Waals surface area contributed by atoms with Crippen LogP contribution in [0.3, 0.4) is 0 Å². The quantitative estimate of drug-likeness (QED) is 0.908. The highest BCUT2D eigenvalue weighted by Crippen LogP contribution is 2.29. The molecule has 0 saturated heterocycles. The third kappa shape index (κ3) is 3.08. The van der Waals surface area contributed by atoms with Crippen LogP contribution in [0, 0.1) is 19.8 Å². The van der Waals surface area contributed by atoms with E-state index in [4.69, 9.17) is 5.73 Å². The van der Waals surface area contributed by atoms with Crippen molar-refractivity contribution in [1.29, 1.82) is 0 Å². The van der Waals surface area contributed by atoms with Crippen LogP contribution in [0.25, 0.3) is 0 Å². The van der Waals surface area contributed by atoms with E-state index in [9.17, 15) is 0 Å². The lowest BCUT2D eigenvalue weighted by atomic mass is 9.85. The van der Waals surface area contributed by atoms with Crippen molar-refractivity contribution in [3.05, 3.63) is 23.0 Å².